The van der Waals surface area contributed by atoms with Gasteiger partial charge in [0.05, 0.1) is 24.1 Å². The summed E-state index contributed by atoms with van der Waals surface area (Å²) in [5.74, 6) is 1.46. The molecule has 0 saturated heterocycles. The third-order valence-electron chi connectivity index (χ3n) is 8.79. The summed E-state index contributed by atoms with van der Waals surface area (Å²) in [6.07, 6.45) is 8.34. The maximum absolute atomic E-state index is 12.1. The summed E-state index contributed by atoms with van der Waals surface area (Å²) in [5, 5.41) is 0. The lowest BCUT2D eigenvalue weighted by Crippen LogP contribution is -2.31. The number of nitrogens with two attached hydrogens (primary N) is 1. The molecular weight excluding hydrogens is 576 g/mol. The smallest absolute Gasteiger partial charge is 0.308 e. The predicted molar refractivity (Wildman–Crippen MR) is 182 cm³/mol. The summed E-state index contributed by atoms with van der Waals surface area (Å²) >= 11 is 0. The van der Waals surface area contributed by atoms with Gasteiger partial charge in [-0.25, -0.2) is 4.98 Å². The monoisotopic (exact) mass is 622 g/mol. The molecule has 0 unspecified atom stereocenters. The molecule has 3 aromatic carbocycles. The van der Waals surface area contributed by atoms with E-state index in [1.165, 1.54) is 44.7 Å². The fourth-order valence-electron chi connectivity index (χ4n) is 6.49. The molecule has 0 radical (unpaired) electrons. The van der Waals surface area contributed by atoms with E-state index in [4.69, 9.17) is 20.2 Å². The van der Waals surface area contributed by atoms with Crippen LogP contribution in [0.2, 0.25) is 0 Å². The quantitative estimate of drug-likeness (QED) is 0.115. The summed E-state index contributed by atoms with van der Waals surface area (Å²) < 4.78 is 13.3. The molecule has 242 valence electrons. The molecule has 1 heterocycles. The van der Waals surface area contributed by atoms with Crippen LogP contribution in [0, 0.1) is 5.92 Å². The van der Waals surface area contributed by atoms with Crippen LogP contribution in [0.1, 0.15) is 80.4 Å². The summed E-state index contributed by atoms with van der Waals surface area (Å²) in [6.45, 7) is 6.64. The van der Waals surface area contributed by atoms with Crippen molar-refractivity contribution in [1.82, 2.24) is 14.5 Å². The predicted octanol–water partition coefficient (Wildman–Crippen LogP) is 7.63. The zero-order valence-corrected chi connectivity index (χ0v) is 27.3. The third kappa shape index (κ3) is 8.23. The molecule has 5 rings (SSSR count). The van der Waals surface area contributed by atoms with E-state index in [-0.39, 0.29) is 11.3 Å². The molecule has 2 N–H and O–H groups in total. The van der Waals surface area contributed by atoms with Gasteiger partial charge in [0.2, 0.25) is 0 Å². The molecule has 1 amide bonds. The molecule has 8 heteroatoms. The average Bonchev–Trinajstić information content (AvgIpc) is 3.41. The van der Waals surface area contributed by atoms with Gasteiger partial charge in [-0.1, -0.05) is 69.0 Å². The van der Waals surface area contributed by atoms with Gasteiger partial charge in [0.25, 0.3) is 5.91 Å². The molecule has 1 aromatic heterocycles. The van der Waals surface area contributed by atoms with Gasteiger partial charge in [-0.2, -0.15) is 0 Å². The van der Waals surface area contributed by atoms with E-state index in [0.717, 1.165) is 59.9 Å². The maximum Gasteiger partial charge on any atom is 0.308 e. The van der Waals surface area contributed by atoms with Gasteiger partial charge in [0, 0.05) is 44.2 Å². The number of esters is 1. The summed E-state index contributed by atoms with van der Waals surface area (Å²) in [6, 6.07) is 23.9. The Morgan fingerprint density at radius 2 is 1.70 bits per heavy atom. The Kier molecular flexibility index (Phi) is 11.3. The van der Waals surface area contributed by atoms with Crippen LogP contribution in [0.4, 0.5) is 0 Å². The Balaban J connectivity index is 1.59. The van der Waals surface area contributed by atoms with Crippen LogP contribution in [0.25, 0.3) is 22.6 Å². The number of ether oxygens (including phenoxy) is 2. The number of carbonyl (C=O) groups is 2. The van der Waals surface area contributed by atoms with Gasteiger partial charge in [-0.05, 0) is 67.1 Å². The number of methoxy groups -OCH3 is 1. The van der Waals surface area contributed by atoms with Gasteiger partial charge in [0.15, 0.2) is 0 Å². The molecule has 1 fully saturated rings. The average molecular weight is 623 g/mol. The second-order valence-electron chi connectivity index (χ2n) is 12.3. The molecule has 1 saturated carbocycles. The Hall–Kier alpha value is -4.43. The minimum atomic E-state index is -0.626. The van der Waals surface area contributed by atoms with Gasteiger partial charge in [-0.3, -0.25) is 14.5 Å². The van der Waals surface area contributed by atoms with Crippen molar-refractivity contribution in [2.75, 3.05) is 13.7 Å². The van der Waals surface area contributed by atoms with Crippen molar-refractivity contribution < 1.29 is 19.1 Å². The first-order valence-corrected chi connectivity index (χ1v) is 16.5. The zero-order chi connectivity index (χ0) is 32.5. The SMILES string of the molecule is CCCCn1c(-c2ccccc2)nc(-c2ccc(OC)cc2)c1CN(Cc1ccc(C(N)=O)c(OC(C)=O)c1)CC1CCCCC1. The Bertz CT molecular complexity index is 1610. The number of benzene rings is 3. The van der Waals surface area contributed by atoms with E-state index >= 15 is 0 Å². The number of amides is 1. The van der Waals surface area contributed by atoms with E-state index in [9.17, 15) is 9.59 Å². The van der Waals surface area contributed by atoms with E-state index in [0.29, 0.717) is 19.0 Å². The van der Waals surface area contributed by atoms with Crippen LogP contribution in [0.15, 0.2) is 72.8 Å². The first kappa shape index (κ1) is 32.9. The molecule has 0 atom stereocenters. The first-order chi connectivity index (χ1) is 22.4. The number of imidazole rings is 1. The fourth-order valence-corrected chi connectivity index (χ4v) is 6.49. The Morgan fingerprint density at radius 1 is 0.957 bits per heavy atom. The van der Waals surface area contributed by atoms with Gasteiger partial charge >= 0.3 is 5.97 Å². The van der Waals surface area contributed by atoms with Crippen molar-refractivity contribution in [2.24, 2.45) is 11.7 Å². The van der Waals surface area contributed by atoms with Crippen molar-refractivity contribution in [3.05, 3.63) is 89.6 Å². The van der Waals surface area contributed by atoms with Crippen LogP contribution >= 0.6 is 0 Å². The highest BCUT2D eigenvalue weighted by Crippen LogP contribution is 2.34. The number of primary amides is 1. The fraction of sp³-hybridized carbons (Fsp3) is 0.395. The standard InChI is InChI=1S/C38H46N4O4/c1-4-5-22-42-34(36(30-17-19-32(45-3)20-18-30)40-38(42)31-14-10-7-11-15-31)26-41(24-28-12-8-6-9-13-28)25-29-16-21-33(37(39)44)35(23-29)46-27(2)43/h7,10-11,14-21,23,28H,4-6,8-9,12-13,22,24-26H2,1-3H3,(H2,39,44). The lowest BCUT2D eigenvalue weighted by Gasteiger charge is -2.30. The van der Waals surface area contributed by atoms with E-state index in [2.05, 4.69) is 52.8 Å². The molecule has 4 aromatic rings. The molecule has 1 aliphatic carbocycles. The number of hydrogen-bond acceptors (Lipinski definition) is 6. The third-order valence-corrected chi connectivity index (χ3v) is 8.79. The van der Waals surface area contributed by atoms with E-state index in [1.54, 1.807) is 19.2 Å². The van der Waals surface area contributed by atoms with E-state index in [1.807, 2.05) is 24.3 Å². The van der Waals surface area contributed by atoms with Gasteiger partial charge in [0.1, 0.15) is 17.3 Å². The zero-order valence-electron chi connectivity index (χ0n) is 27.3. The molecule has 46 heavy (non-hydrogen) atoms. The van der Waals surface area contributed by atoms with Crippen LogP contribution in [0.5, 0.6) is 11.5 Å². The number of aromatic nitrogens is 2. The van der Waals surface area contributed by atoms with Crippen LogP contribution < -0.4 is 15.2 Å². The lowest BCUT2D eigenvalue weighted by atomic mass is 9.88. The van der Waals surface area contributed by atoms with Crippen LogP contribution in [0.3, 0.4) is 0 Å². The highest BCUT2D eigenvalue weighted by molar-refractivity contribution is 5.96. The second kappa shape index (κ2) is 15.7. The van der Waals surface area contributed by atoms with Crippen LogP contribution in [-0.4, -0.2) is 40.0 Å². The van der Waals surface area contributed by atoms with Crippen molar-refractivity contribution in [3.63, 3.8) is 0 Å². The minimum Gasteiger partial charge on any atom is -0.497 e. The second-order valence-corrected chi connectivity index (χ2v) is 12.3. The molecule has 8 nitrogen and oxygen atoms in total. The van der Waals surface area contributed by atoms with Crippen molar-refractivity contribution in [2.45, 2.75) is 78.4 Å². The minimum absolute atomic E-state index is 0.199. The molecule has 1 aliphatic rings. The van der Waals surface area contributed by atoms with Crippen LogP contribution in [-0.2, 0) is 24.4 Å². The van der Waals surface area contributed by atoms with E-state index < -0.39 is 11.9 Å². The lowest BCUT2D eigenvalue weighted by molar-refractivity contribution is -0.131. The summed E-state index contributed by atoms with van der Waals surface area (Å²) in [5.41, 5.74) is 11.0. The van der Waals surface area contributed by atoms with Crippen molar-refractivity contribution in [3.8, 4) is 34.1 Å². The van der Waals surface area contributed by atoms with Crippen molar-refractivity contribution in [1.29, 1.82) is 0 Å². The molecular formula is C38H46N4O4. The number of carbonyl (C=O) groups excluding carboxylic acids is 2. The highest BCUT2D eigenvalue weighted by Gasteiger charge is 2.25. The van der Waals surface area contributed by atoms with Gasteiger partial charge < -0.3 is 19.8 Å². The normalized spacial score (nSPS) is 13.6. The van der Waals surface area contributed by atoms with Crippen molar-refractivity contribution >= 4 is 11.9 Å². The maximum atomic E-state index is 12.1. The topological polar surface area (TPSA) is 99.7 Å². The molecule has 0 aliphatic heterocycles. The number of nitrogens with zero attached hydrogens (tertiary/aromatic N) is 3. The first-order valence-electron chi connectivity index (χ1n) is 16.5. The van der Waals surface area contributed by atoms with Gasteiger partial charge in [-0.15, -0.1) is 0 Å². The Morgan fingerprint density at radius 3 is 2.35 bits per heavy atom. The summed E-state index contributed by atoms with van der Waals surface area (Å²) in [4.78, 5) is 31.8. The Labute approximate surface area is 272 Å². The molecule has 0 bridgehead atoms. The molecule has 0 spiro atoms. The highest BCUT2D eigenvalue weighted by atomic mass is 16.5. The number of unbranched alkanes of at least 4 members (excludes halogenated alkanes) is 1. The number of rotatable bonds is 14. The number of hydrogen-bond donors (Lipinski definition) is 1. The summed E-state index contributed by atoms with van der Waals surface area (Å²) in [7, 11) is 1.68. The largest absolute Gasteiger partial charge is 0.497 e.